The van der Waals surface area contributed by atoms with E-state index >= 15 is 0 Å². The molecule has 1 aromatic carbocycles. The van der Waals surface area contributed by atoms with E-state index in [-0.39, 0.29) is 6.04 Å². The van der Waals surface area contributed by atoms with Crippen molar-refractivity contribution in [3.8, 4) is 5.75 Å². The number of fused-ring (bicyclic) bond motifs is 1. The van der Waals surface area contributed by atoms with E-state index in [1.54, 1.807) is 0 Å². The van der Waals surface area contributed by atoms with E-state index in [4.69, 9.17) is 4.74 Å². The smallest absolute Gasteiger partial charge is 0.127 e. The lowest BCUT2D eigenvalue weighted by Gasteiger charge is -2.21. The number of nitrogens with one attached hydrogen (secondary N) is 1. The first kappa shape index (κ1) is 14.5. The van der Waals surface area contributed by atoms with Crippen molar-refractivity contribution in [1.82, 2.24) is 10.3 Å². The van der Waals surface area contributed by atoms with E-state index in [1.807, 2.05) is 18.3 Å². The fourth-order valence-electron chi connectivity index (χ4n) is 2.72. The van der Waals surface area contributed by atoms with Gasteiger partial charge in [-0.3, -0.25) is 4.98 Å². The van der Waals surface area contributed by atoms with Crippen LogP contribution in [-0.4, -0.2) is 18.1 Å². The molecule has 0 amide bonds. The first-order chi connectivity index (χ1) is 10.3. The van der Waals surface area contributed by atoms with Gasteiger partial charge in [0.15, 0.2) is 0 Å². The Morgan fingerprint density at radius 3 is 3.05 bits per heavy atom. The van der Waals surface area contributed by atoms with Crippen molar-refractivity contribution >= 4 is 15.9 Å². The normalized spacial score (nSPS) is 14.6. The predicted octanol–water partition coefficient (Wildman–Crippen LogP) is 3.87. The van der Waals surface area contributed by atoms with Crippen LogP contribution < -0.4 is 10.1 Å². The molecular weight excluding hydrogens is 328 g/mol. The minimum Gasteiger partial charge on any atom is -0.493 e. The highest BCUT2D eigenvalue weighted by Gasteiger charge is 2.25. The van der Waals surface area contributed by atoms with Crippen molar-refractivity contribution in [2.24, 2.45) is 0 Å². The summed E-state index contributed by atoms with van der Waals surface area (Å²) in [5, 5.41) is 3.60. The van der Waals surface area contributed by atoms with Crippen LogP contribution in [0, 0.1) is 0 Å². The Morgan fingerprint density at radius 2 is 2.24 bits per heavy atom. The van der Waals surface area contributed by atoms with Gasteiger partial charge in [-0.05, 0) is 46.6 Å². The van der Waals surface area contributed by atoms with E-state index in [0.717, 1.165) is 41.9 Å². The number of rotatable bonds is 5. The minimum absolute atomic E-state index is 0.0496. The number of para-hydroxylation sites is 1. The number of hydrogen-bond acceptors (Lipinski definition) is 3. The lowest BCUT2D eigenvalue weighted by atomic mass is 9.99. The number of ether oxygens (including phenoxy) is 1. The maximum Gasteiger partial charge on any atom is 0.127 e. The summed E-state index contributed by atoms with van der Waals surface area (Å²) in [6, 6.07) is 10.4. The highest BCUT2D eigenvalue weighted by molar-refractivity contribution is 9.10. The number of aromatic nitrogens is 1. The number of pyridine rings is 1. The zero-order chi connectivity index (χ0) is 14.7. The Hall–Kier alpha value is -1.39. The molecule has 0 aliphatic carbocycles. The number of benzene rings is 1. The number of halogens is 1. The maximum atomic E-state index is 5.87. The van der Waals surface area contributed by atoms with Gasteiger partial charge in [0.05, 0.1) is 18.3 Å². The molecule has 3 nitrogen and oxygen atoms in total. The van der Waals surface area contributed by atoms with E-state index in [2.05, 4.69) is 51.4 Å². The van der Waals surface area contributed by atoms with Gasteiger partial charge in [0.2, 0.25) is 0 Å². The third-order valence-corrected chi connectivity index (χ3v) is 4.39. The Labute approximate surface area is 133 Å². The summed E-state index contributed by atoms with van der Waals surface area (Å²) >= 11 is 3.62. The fourth-order valence-corrected chi connectivity index (χ4v) is 3.20. The molecule has 1 aromatic heterocycles. The van der Waals surface area contributed by atoms with Crippen LogP contribution in [0.5, 0.6) is 5.75 Å². The van der Waals surface area contributed by atoms with E-state index in [1.165, 1.54) is 11.1 Å². The first-order valence-electron chi connectivity index (χ1n) is 7.39. The highest BCUT2D eigenvalue weighted by atomic mass is 79.9. The van der Waals surface area contributed by atoms with Crippen LogP contribution in [0.4, 0.5) is 0 Å². The summed E-state index contributed by atoms with van der Waals surface area (Å²) in [4.78, 5) is 4.57. The van der Waals surface area contributed by atoms with E-state index < -0.39 is 0 Å². The molecule has 2 aromatic rings. The summed E-state index contributed by atoms with van der Waals surface area (Å²) in [6.45, 7) is 3.89. The molecule has 4 heteroatoms. The monoisotopic (exact) mass is 346 g/mol. The molecule has 0 bridgehead atoms. The van der Waals surface area contributed by atoms with Crippen molar-refractivity contribution in [1.29, 1.82) is 0 Å². The summed E-state index contributed by atoms with van der Waals surface area (Å²) in [5.74, 6) is 1.03. The van der Waals surface area contributed by atoms with Crippen molar-refractivity contribution in [2.45, 2.75) is 25.8 Å². The molecule has 0 fully saturated rings. The van der Waals surface area contributed by atoms with Crippen molar-refractivity contribution < 1.29 is 4.74 Å². The predicted molar refractivity (Wildman–Crippen MR) is 87.7 cm³/mol. The Balaban J connectivity index is 2.04. The molecule has 1 aliphatic rings. The van der Waals surface area contributed by atoms with Crippen LogP contribution in [0.2, 0.25) is 0 Å². The van der Waals surface area contributed by atoms with Gasteiger partial charge in [0.25, 0.3) is 0 Å². The number of nitrogens with zero attached hydrogens (tertiary/aromatic N) is 1. The van der Waals surface area contributed by atoms with Crippen LogP contribution >= 0.6 is 15.9 Å². The average Bonchev–Trinajstić information content (AvgIpc) is 2.98. The van der Waals surface area contributed by atoms with Gasteiger partial charge in [-0.25, -0.2) is 0 Å². The minimum atomic E-state index is 0.0496. The van der Waals surface area contributed by atoms with Gasteiger partial charge in [-0.2, -0.15) is 0 Å². The molecule has 3 rings (SSSR count). The quantitative estimate of drug-likeness (QED) is 0.892. The Bertz CT molecular complexity index is 630. The zero-order valence-corrected chi connectivity index (χ0v) is 13.7. The third-order valence-electron chi connectivity index (χ3n) is 3.71. The second kappa shape index (κ2) is 6.58. The summed E-state index contributed by atoms with van der Waals surface area (Å²) < 4.78 is 6.89. The summed E-state index contributed by atoms with van der Waals surface area (Å²) in [5.41, 5.74) is 3.48. The molecule has 1 unspecified atom stereocenters. The second-order valence-corrected chi connectivity index (χ2v) is 6.05. The molecule has 0 saturated carbocycles. The summed E-state index contributed by atoms with van der Waals surface area (Å²) in [6.07, 6.45) is 3.91. The van der Waals surface area contributed by atoms with E-state index in [0.29, 0.717) is 0 Å². The SMILES string of the molecule is CCCNC(c1cccc2c1OCC2)c1ncccc1Br. The summed E-state index contributed by atoms with van der Waals surface area (Å²) in [7, 11) is 0. The van der Waals surface area contributed by atoms with Gasteiger partial charge < -0.3 is 10.1 Å². The first-order valence-corrected chi connectivity index (χ1v) is 8.19. The standard InChI is InChI=1S/C17H19BrN2O/c1-2-9-19-15(16-14(18)7-4-10-20-16)13-6-3-5-12-8-11-21-17(12)13/h3-7,10,15,19H,2,8-9,11H2,1H3. The molecule has 0 saturated heterocycles. The van der Waals surface area contributed by atoms with Crippen molar-refractivity contribution in [2.75, 3.05) is 13.2 Å². The highest BCUT2D eigenvalue weighted by Crippen LogP contribution is 2.37. The topological polar surface area (TPSA) is 34.1 Å². The van der Waals surface area contributed by atoms with E-state index in [9.17, 15) is 0 Å². The van der Waals surface area contributed by atoms with Crippen LogP contribution in [-0.2, 0) is 6.42 Å². The molecule has 110 valence electrons. The molecule has 1 atom stereocenters. The van der Waals surface area contributed by atoms with Crippen LogP contribution in [0.3, 0.4) is 0 Å². The zero-order valence-electron chi connectivity index (χ0n) is 12.1. The molecule has 0 spiro atoms. The molecule has 0 radical (unpaired) electrons. The molecule has 1 aliphatic heterocycles. The molecular formula is C17H19BrN2O. The number of hydrogen-bond donors (Lipinski definition) is 1. The molecule has 2 heterocycles. The second-order valence-electron chi connectivity index (χ2n) is 5.19. The fraction of sp³-hybridized carbons (Fsp3) is 0.353. The largest absolute Gasteiger partial charge is 0.493 e. The van der Waals surface area contributed by atoms with Gasteiger partial charge >= 0.3 is 0 Å². The lowest BCUT2D eigenvalue weighted by Crippen LogP contribution is -2.25. The van der Waals surface area contributed by atoms with Crippen molar-refractivity contribution in [3.05, 3.63) is 57.8 Å². The van der Waals surface area contributed by atoms with Gasteiger partial charge in [-0.1, -0.05) is 25.1 Å². The lowest BCUT2D eigenvalue weighted by molar-refractivity contribution is 0.350. The van der Waals surface area contributed by atoms with Gasteiger partial charge in [-0.15, -0.1) is 0 Å². The van der Waals surface area contributed by atoms with Gasteiger partial charge in [0, 0.05) is 22.7 Å². The van der Waals surface area contributed by atoms with Crippen molar-refractivity contribution in [3.63, 3.8) is 0 Å². The molecule has 1 N–H and O–H groups in total. The maximum absolute atomic E-state index is 5.87. The van der Waals surface area contributed by atoms with Gasteiger partial charge in [0.1, 0.15) is 5.75 Å². The van der Waals surface area contributed by atoms with Crippen LogP contribution in [0.15, 0.2) is 41.0 Å². The van der Waals surface area contributed by atoms with Crippen LogP contribution in [0.25, 0.3) is 0 Å². The Morgan fingerprint density at radius 1 is 1.33 bits per heavy atom. The Kier molecular flexibility index (Phi) is 4.56. The third kappa shape index (κ3) is 2.97. The molecule has 21 heavy (non-hydrogen) atoms. The van der Waals surface area contributed by atoms with Crippen LogP contribution in [0.1, 0.15) is 36.2 Å². The average molecular weight is 347 g/mol.